The van der Waals surface area contributed by atoms with E-state index in [1.807, 2.05) is 6.92 Å². The number of hydrogen-bond donors (Lipinski definition) is 0. The van der Waals surface area contributed by atoms with Gasteiger partial charge in [-0.15, -0.1) is 0 Å². The second-order valence-electron chi connectivity index (χ2n) is 6.20. The monoisotopic (exact) mass is 341 g/mol. The molecule has 0 saturated heterocycles. The van der Waals surface area contributed by atoms with E-state index in [1.165, 1.54) is 17.7 Å². The average molecular weight is 341 g/mol. The van der Waals surface area contributed by atoms with E-state index >= 15 is 0 Å². The number of aryl methyl sites for hydroxylation is 3. The van der Waals surface area contributed by atoms with Crippen molar-refractivity contribution in [2.45, 2.75) is 13.8 Å². The summed E-state index contributed by atoms with van der Waals surface area (Å²) in [6.45, 7) is 3.55. The summed E-state index contributed by atoms with van der Waals surface area (Å²) in [5.41, 5.74) is 1.70. The lowest BCUT2D eigenvalue weighted by atomic mass is 10.2. The predicted molar refractivity (Wildman–Crippen MR) is 91.9 cm³/mol. The first-order valence-electron chi connectivity index (χ1n) is 7.74. The molecule has 0 amide bonds. The Labute approximate surface area is 141 Å². The van der Waals surface area contributed by atoms with Gasteiger partial charge in [-0.25, -0.2) is 9.18 Å². The summed E-state index contributed by atoms with van der Waals surface area (Å²) in [5.74, 6) is 0.136. The zero-order valence-corrected chi connectivity index (χ0v) is 14.2. The van der Waals surface area contributed by atoms with Crippen LogP contribution in [0.2, 0.25) is 0 Å². The molecule has 0 aliphatic heterocycles. The fraction of sp³-hybridized carbons (Fsp3) is 0.235. The van der Waals surface area contributed by atoms with Crippen molar-refractivity contribution in [2.24, 2.45) is 14.1 Å². The minimum atomic E-state index is -0.442. The number of halogens is 1. The van der Waals surface area contributed by atoms with Crippen LogP contribution in [0.4, 0.5) is 4.39 Å². The summed E-state index contributed by atoms with van der Waals surface area (Å²) in [6.07, 6.45) is 1.76. The maximum Gasteiger partial charge on any atom is 0.332 e. The van der Waals surface area contributed by atoms with Gasteiger partial charge in [0.05, 0.1) is 5.69 Å². The van der Waals surface area contributed by atoms with Crippen molar-refractivity contribution < 1.29 is 4.39 Å². The van der Waals surface area contributed by atoms with Gasteiger partial charge in [0.1, 0.15) is 5.82 Å². The van der Waals surface area contributed by atoms with E-state index in [0.717, 1.165) is 10.3 Å². The lowest BCUT2D eigenvalue weighted by molar-refractivity contribution is 0.617. The third kappa shape index (κ3) is 1.93. The largest absolute Gasteiger partial charge is 0.332 e. The van der Waals surface area contributed by atoms with Gasteiger partial charge in [0.15, 0.2) is 11.2 Å². The lowest BCUT2D eigenvalue weighted by Gasteiger charge is -2.07. The molecule has 0 aliphatic rings. The number of imidazole rings is 2. The molecular weight excluding hydrogens is 325 g/mol. The Kier molecular flexibility index (Phi) is 3.02. The molecule has 0 aliphatic carbocycles. The second kappa shape index (κ2) is 4.92. The van der Waals surface area contributed by atoms with Crippen molar-refractivity contribution in [3.8, 4) is 5.69 Å². The second-order valence-corrected chi connectivity index (χ2v) is 6.20. The van der Waals surface area contributed by atoms with Crippen LogP contribution in [0.1, 0.15) is 11.3 Å². The highest BCUT2D eigenvalue weighted by atomic mass is 19.1. The first kappa shape index (κ1) is 15.4. The summed E-state index contributed by atoms with van der Waals surface area (Å²) in [6, 6.07) is 4.92. The van der Waals surface area contributed by atoms with Gasteiger partial charge in [-0.05, 0) is 31.5 Å². The van der Waals surface area contributed by atoms with Crippen molar-refractivity contribution in [2.75, 3.05) is 0 Å². The fourth-order valence-corrected chi connectivity index (χ4v) is 3.13. The van der Waals surface area contributed by atoms with E-state index in [9.17, 15) is 14.0 Å². The molecule has 0 N–H and O–H groups in total. The molecule has 0 fully saturated rings. The maximum atomic E-state index is 14.0. The van der Waals surface area contributed by atoms with Crippen LogP contribution >= 0.6 is 0 Å². The lowest BCUT2D eigenvalue weighted by Crippen LogP contribution is -2.37. The van der Waals surface area contributed by atoms with Crippen LogP contribution in [0.3, 0.4) is 0 Å². The molecular formula is C17H16FN5O2. The summed E-state index contributed by atoms with van der Waals surface area (Å²) in [5, 5.41) is 0. The Morgan fingerprint density at radius 2 is 1.80 bits per heavy atom. The van der Waals surface area contributed by atoms with Gasteiger partial charge in [-0.3, -0.25) is 22.9 Å². The fourth-order valence-electron chi connectivity index (χ4n) is 3.13. The first-order chi connectivity index (χ1) is 11.8. The van der Waals surface area contributed by atoms with Crippen molar-refractivity contribution in [3.63, 3.8) is 0 Å². The third-order valence-electron chi connectivity index (χ3n) is 4.56. The van der Waals surface area contributed by atoms with Gasteiger partial charge < -0.3 is 0 Å². The Balaban J connectivity index is 2.18. The molecule has 0 radical (unpaired) electrons. The smallest absolute Gasteiger partial charge is 0.283 e. The van der Waals surface area contributed by atoms with Crippen LogP contribution in [0.15, 0.2) is 34.0 Å². The molecule has 0 spiro atoms. The van der Waals surface area contributed by atoms with E-state index in [1.54, 1.807) is 41.3 Å². The maximum absolute atomic E-state index is 14.0. The third-order valence-corrected chi connectivity index (χ3v) is 4.56. The van der Waals surface area contributed by atoms with Crippen molar-refractivity contribution >= 4 is 16.9 Å². The van der Waals surface area contributed by atoms with Crippen LogP contribution in [0, 0.1) is 19.7 Å². The quantitative estimate of drug-likeness (QED) is 0.526. The van der Waals surface area contributed by atoms with Crippen molar-refractivity contribution in [1.82, 2.24) is 23.1 Å². The van der Waals surface area contributed by atoms with Gasteiger partial charge in [-0.1, -0.05) is 6.07 Å². The SMILES string of the molecule is Cc1ccc(-n2c(C)cn3c4c(=O)n(C)c(=O)n(C)c4nc23)cc1F. The zero-order chi connectivity index (χ0) is 18.0. The van der Waals surface area contributed by atoms with Crippen LogP contribution in [0.25, 0.3) is 22.6 Å². The summed E-state index contributed by atoms with van der Waals surface area (Å²) in [7, 11) is 3.00. The summed E-state index contributed by atoms with van der Waals surface area (Å²) < 4.78 is 19.8. The Morgan fingerprint density at radius 1 is 1.08 bits per heavy atom. The predicted octanol–water partition coefficient (Wildman–Crippen LogP) is 1.43. The Hall–Kier alpha value is -3.16. The van der Waals surface area contributed by atoms with Crippen LogP contribution in [-0.2, 0) is 14.1 Å². The van der Waals surface area contributed by atoms with Crippen LogP contribution < -0.4 is 11.2 Å². The topological polar surface area (TPSA) is 66.2 Å². The highest BCUT2D eigenvalue weighted by molar-refractivity contribution is 5.76. The molecule has 1 aromatic carbocycles. The molecule has 128 valence electrons. The van der Waals surface area contributed by atoms with Gasteiger partial charge in [-0.2, -0.15) is 4.98 Å². The molecule has 0 bridgehead atoms. The average Bonchev–Trinajstić information content (AvgIpc) is 3.08. The number of rotatable bonds is 1. The number of hydrogen-bond acceptors (Lipinski definition) is 3. The van der Waals surface area contributed by atoms with Gasteiger partial charge in [0.2, 0.25) is 5.78 Å². The summed E-state index contributed by atoms with van der Waals surface area (Å²) in [4.78, 5) is 29.2. The molecule has 25 heavy (non-hydrogen) atoms. The standard InChI is InChI=1S/C17H16FN5O2/c1-9-5-6-11(7-12(9)18)23-10(2)8-22-13-14(19-16(22)23)20(3)17(25)21(4)15(13)24/h5-8H,1-4H3. The number of nitrogens with zero attached hydrogens (tertiary/aromatic N) is 5. The summed E-state index contributed by atoms with van der Waals surface area (Å²) >= 11 is 0. The molecule has 0 saturated carbocycles. The highest BCUT2D eigenvalue weighted by Crippen LogP contribution is 2.22. The van der Waals surface area contributed by atoms with Crippen LogP contribution in [0.5, 0.6) is 0 Å². The number of benzene rings is 1. The molecule has 3 heterocycles. The molecule has 4 rings (SSSR count). The first-order valence-corrected chi connectivity index (χ1v) is 7.74. The molecule has 0 unspecified atom stereocenters. The van der Waals surface area contributed by atoms with Gasteiger partial charge >= 0.3 is 5.69 Å². The van der Waals surface area contributed by atoms with E-state index in [2.05, 4.69) is 4.98 Å². The van der Waals surface area contributed by atoms with E-state index in [-0.39, 0.29) is 5.82 Å². The Morgan fingerprint density at radius 3 is 2.48 bits per heavy atom. The van der Waals surface area contributed by atoms with E-state index < -0.39 is 11.2 Å². The normalized spacial score (nSPS) is 11.7. The van der Waals surface area contributed by atoms with Crippen molar-refractivity contribution in [1.29, 1.82) is 0 Å². The minimum Gasteiger partial charge on any atom is -0.283 e. The van der Waals surface area contributed by atoms with Crippen molar-refractivity contribution in [3.05, 3.63) is 62.3 Å². The molecule has 4 aromatic rings. The Bertz CT molecular complexity index is 1290. The molecule has 7 nitrogen and oxygen atoms in total. The number of aromatic nitrogens is 5. The minimum absolute atomic E-state index is 0.296. The van der Waals surface area contributed by atoms with E-state index in [4.69, 9.17) is 0 Å². The van der Waals surface area contributed by atoms with Crippen LogP contribution in [-0.4, -0.2) is 23.1 Å². The molecule has 3 aromatic heterocycles. The van der Waals surface area contributed by atoms with E-state index in [0.29, 0.717) is 28.2 Å². The molecule has 0 atom stereocenters. The van der Waals surface area contributed by atoms with Gasteiger partial charge in [0.25, 0.3) is 5.56 Å². The molecule has 8 heteroatoms. The number of fused-ring (bicyclic) bond motifs is 3. The van der Waals surface area contributed by atoms with Gasteiger partial charge in [0, 0.05) is 26.0 Å². The zero-order valence-electron chi connectivity index (χ0n) is 14.2. The highest BCUT2D eigenvalue weighted by Gasteiger charge is 2.19.